The van der Waals surface area contributed by atoms with Crippen molar-refractivity contribution in [1.29, 1.82) is 0 Å². The first kappa shape index (κ1) is 25.0. The number of nitrogens with two attached hydrogens (primary N) is 1. The summed E-state index contributed by atoms with van der Waals surface area (Å²) < 4.78 is 0. The fourth-order valence-corrected chi connectivity index (χ4v) is 3.87. The quantitative estimate of drug-likeness (QED) is 0.195. The van der Waals surface area contributed by atoms with E-state index < -0.39 is 54.2 Å². The van der Waals surface area contributed by atoms with Crippen molar-refractivity contribution in [3.8, 4) is 0 Å². The molecular formula is C19H29N5O8. The molecule has 7 N–H and O–H groups in total. The van der Waals surface area contributed by atoms with Crippen LogP contribution in [0.1, 0.15) is 44.9 Å². The summed E-state index contributed by atoms with van der Waals surface area (Å²) in [5.74, 6) is -5.49. The lowest BCUT2D eigenvalue weighted by Crippen LogP contribution is -2.57. The van der Waals surface area contributed by atoms with E-state index in [1.165, 1.54) is 4.90 Å². The molecule has 0 aromatic heterocycles. The van der Waals surface area contributed by atoms with E-state index in [4.69, 9.17) is 10.8 Å². The molecule has 2 fully saturated rings. The number of rotatable bonds is 11. The van der Waals surface area contributed by atoms with E-state index in [1.54, 1.807) is 0 Å². The van der Waals surface area contributed by atoms with Gasteiger partial charge in [-0.3, -0.25) is 24.0 Å². The van der Waals surface area contributed by atoms with E-state index in [0.717, 1.165) is 6.42 Å². The molecule has 0 bridgehead atoms. The highest BCUT2D eigenvalue weighted by atomic mass is 16.4. The molecule has 13 heteroatoms. The Morgan fingerprint density at radius 3 is 2.31 bits per heavy atom. The number of carboxylic acids is 2. The van der Waals surface area contributed by atoms with Crippen LogP contribution in [0.5, 0.6) is 0 Å². The highest BCUT2D eigenvalue weighted by molar-refractivity contribution is 5.96. The van der Waals surface area contributed by atoms with Crippen LogP contribution in [-0.2, 0) is 28.8 Å². The van der Waals surface area contributed by atoms with Crippen LogP contribution < -0.4 is 21.7 Å². The van der Waals surface area contributed by atoms with E-state index in [2.05, 4.69) is 16.0 Å². The molecule has 13 nitrogen and oxygen atoms in total. The van der Waals surface area contributed by atoms with Crippen molar-refractivity contribution < 1.29 is 39.0 Å². The number of carbonyl (C=O) groups is 6. The second-order valence-electron chi connectivity index (χ2n) is 7.90. The first-order valence-electron chi connectivity index (χ1n) is 10.5. The van der Waals surface area contributed by atoms with Crippen LogP contribution in [0, 0.1) is 0 Å². The average Bonchev–Trinajstić information content (AvgIpc) is 3.41. The second kappa shape index (κ2) is 11.4. The predicted molar refractivity (Wildman–Crippen MR) is 108 cm³/mol. The Morgan fingerprint density at radius 2 is 1.75 bits per heavy atom. The third kappa shape index (κ3) is 6.90. The Kier molecular flexibility index (Phi) is 8.93. The Labute approximate surface area is 184 Å². The summed E-state index contributed by atoms with van der Waals surface area (Å²) >= 11 is 0. The molecule has 0 saturated carbocycles. The molecule has 4 amide bonds. The lowest BCUT2D eigenvalue weighted by Gasteiger charge is -2.28. The van der Waals surface area contributed by atoms with Gasteiger partial charge in [-0.1, -0.05) is 0 Å². The van der Waals surface area contributed by atoms with Crippen LogP contribution >= 0.6 is 0 Å². The topological polar surface area (TPSA) is 208 Å². The lowest BCUT2D eigenvalue weighted by molar-refractivity contribution is -0.145. The number of carboxylic acid groups (broad SMARTS) is 2. The van der Waals surface area contributed by atoms with Gasteiger partial charge in [-0.05, 0) is 38.6 Å². The number of primary amides is 1. The van der Waals surface area contributed by atoms with Crippen molar-refractivity contribution >= 4 is 35.6 Å². The number of carbonyl (C=O) groups excluding carboxylic acids is 4. The van der Waals surface area contributed by atoms with E-state index in [0.29, 0.717) is 32.4 Å². The van der Waals surface area contributed by atoms with Gasteiger partial charge in [0.25, 0.3) is 0 Å². The zero-order valence-corrected chi connectivity index (χ0v) is 17.5. The molecule has 0 spiro atoms. The van der Waals surface area contributed by atoms with Gasteiger partial charge in [0.15, 0.2) is 0 Å². The van der Waals surface area contributed by atoms with Crippen LogP contribution in [0.2, 0.25) is 0 Å². The lowest BCUT2D eigenvalue weighted by atomic mass is 10.1. The van der Waals surface area contributed by atoms with Crippen molar-refractivity contribution in [1.82, 2.24) is 20.9 Å². The molecule has 0 aromatic rings. The Hall–Kier alpha value is -3.22. The maximum Gasteiger partial charge on any atom is 0.326 e. The van der Waals surface area contributed by atoms with Crippen molar-refractivity contribution in [2.75, 3.05) is 13.1 Å². The van der Waals surface area contributed by atoms with Gasteiger partial charge >= 0.3 is 11.9 Å². The molecule has 0 aliphatic carbocycles. The number of nitrogens with zero attached hydrogens (tertiary/aromatic N) is 1. The standard InChI is InChI=1S/C19H29N5O8/c20-14(25)6-5-11(19(31)32)22-16(28)12(9-15(26)27)23-17(29)13-4-2-8-24(13)18(30)10-3-1-7-21-10/h10-13,21H,1-9H2,(H2,20,25)(H,22,28)(H,23,29)(H,26,27)(H,31,32). The van der Waals surface area contributed by atoms with E-state index in [9.17, 15) is 33.9 Å². The summed E-state index contributed by atoms with van der Waals surface area (Å²) in [6.45, 7) is 1.08. The van der Waals surface area contributed by atoms with Crippen LogP contribution in [0.4, 0.5) is 0 Å². The van der Waals surface area contributed by atoms with Crippen molar-refractivity contribution in [2.24, 2.45) is 5.73 Å². The molecule has 4 unspecified atom stereocenters. The van der Waals surface area contributed by atoms with Gasteiger partial charge in [-0.25, -0.2) is 4.79 Å². The number of hydrogen-bond donors (Lipinski definition) is 6. The van der Waals surface area contributed by atoms with Gasteiger partial charge in [0.1, 0.15) is 18.1 Å². The molecule has 178 valence electrons. The molecule has 0 radical (unpaired) electrons. The largest absolute Gasteiger partial charge is 0.481 e. The molecule has 32 heavy (non-hydrogen) atoms. The predicted octanol–water partition coefficient (Wildman–Crippen LogP) is -2.48. The summed E-state index contributed by atoms with van der Waals surface area (Å²) in [4.78, 5) is 73.0. The Balaban J connectivity index is 2.06. The van der Waals surface area contributed by atoms with Crippen LogP contribution in [0.15, 0.2) is 0 Å². The SMILES string of the molecule is NC(=O)CCC(NC(=O)C(CC(=O)O)NC(=O)C1CCCN1C(=O)C1CCCN1)C(=O)O. The van der Waals surface area contributed by atoms with E-state index in [1.807, 2.05) is 0 Å². The molecule has 2 rings (SSSR count). The van der Waals surface area contributed by atoms with Gasteiger partial charge in [0.05, 0.1) is 12.5 Å². The first-order valence-corrected chi connectivity index (χ1v) is 10.5. The van der Waals surface area contributed by atoms with Crippen LogP contribution in [0.3, 0.4) is 0 Å². The summed E-state index contributed by atoms with van der Waals surface area (Å²) in [5.41, 5.74) is 5.00. The minimum atomic E-state index is -1.56. The smallest absolute Gasteiger partial charge is 0.326 e. The average molecular weight is 455 g/mol. The second-order valence-corrected chi connectivity index (χ2v) is 7.90. The van der Waals surface area contributed by atoms with Crippen molar-refractivity contribution in [2.45, 2.75) is 69.1 Å². The summed E-state index contributed by atoms with van der Waals surface area (Å²) in [7, 11) is 0. The maximum atomic E-state index is 12.8. The van der Waals surface area contributed by atoms with Gasteiger partial charge in [0, 0.05) is 13.0 Å². The minimum absolute atomic E-state index is 0.211. The Bertz CT molecular complexity index is 767. The van der Waals surface area contributed by atoms with E-state index >= 15 is 0 Å². The third-order valence-corrected chi connectivity index (χ3v) is 5.50. The monoisotopic (exact) mass is 455 g/mol. The molecule has 2 heterocycles. The molecular weight excluding hydrogens is 426 g/mol. The van der Waals surface area contributed by atoms with E-state index in [-0.39, 0.29) is 24.8 Å². The Morgan fingerprint density at radius 1 is 1.03 bits per heavy atom. The normalized spacial score (nSPS) is 22.1. The number of likely N-dealkylation sites (tertiary alicyclic amines) is 1. The number of amides is 4. The fraction of sp³-hybridized carbons (Fsp3) is 0.684. The molecule has 4 atom stereocenters. The molecule has 2 aliphatic rings. The summed E-state index contributed by atoms with van der Waals surface area (Å²) in [6, 6.07) is -4.26. The fourth-order valence-electron chi connectivity index (χ4n) is 3.87. The van der Waals surface area contributed by atoms with Crippen LogP contribution in [0.25, 0.3) is 0 Å². The van der Waals surface area contributed by atoms with Gasteiger partial charge < -0.3 is 36.8 Å². The van der Waals surface area contributed by atoms with Crippen LogP contribution in [-0.4, -0.2) is 87.9 Å². The number of aliphatic carboxylic acids is 2. The summed E-state index contributed by atoms with van der Waals surface area (Å²) in [5, 5.41) is 25.9. The highest BCUT2D eigenvalue weighted by Crippen LogP contribution is 2.21. The van der Waals surface area contributed by atoms with Gasteiger partial charge in [-0.15, -0.1) is 0 Å². The highest BCUT2D eigenvalue weighted by Gasteiger charge is 2.39. The zero-order valence-electron chi connectivity index (χ0n) is 17.5. The minimum Gasteiger partial charge on any atom is -0.481 e. The van der Waals surface area contributed by atoms with Gasteiger partial charge in [-0.2, -0.15) is 0 Å². The first-order chi connectivity index (χ1) is 15.1. The number of nitrogens with one attached hydrogen (secondary N) is 3. The third-order valence-electron chi connectivity index (χ3n) is 5.50. The van der Waals surface area contributed by atoms with Crippen molar-refractivity contribution in [3.63, 3.8) is 0 Å². The molecule has 2 saturated heterocycles. The van der Waals surface area contributed by atoms with Gasteiger partial charge in [0.2, 0.25) is 23.6 Å². The molecule has 2 aliphatic heterocycles. The zero-order chi connectivity index (χ0) is 23.8. The maximum absolute atomic E-state index is 12.8. The van der Waals surface area contributed by atoms with Crippen molar-refractivity contribution in [3.05, 3.63) is 0 Å². The summed E-state index contributed by atoms with van der Waals surface area (Å²) in [6.07, 6.45) is 1.08. The number of hydrogen-bond acceptors (Lipinski definition) is 7. The molecule has 0 aromatic carbocycles.